The van der Waals surface area contributed by atoms with Gasteiger partial charge in [-0.25, -0.2) is 4.79 Å². The monoisotopic (exact) mass is 369 g/mol. The highest BCUT2D eigenvalue weighted by molar-refractivity contribution is 6.64. The number of nitrogens with zero attached hydrogens (tertiary/aromatic N) is 1. The number of likely N-dealkylation sites (N-methyl/N-ethyl adjacent to an activating group) is 1. The summed E-state index contributed by atoms with van der Waals surface area (Å²) in [5.41, 5.74) is 4.61. The summed E-state index contributed by atoms with van der Waals surface area (Å²) >= 11 is 5.59. The molecule has 0 spiro atoms. The first kappa shape index (κ1) is 18.2. The van der Waals surface area contributed by atoms with E-state index < -0.39 is 17.4 Å². The number of ether oxygens (including phenoxy) is 1. The molecule has 0 heterocycles. The molecule has 2 aromatic carbocycles. The van der Waals surface area contributed by atoms with Crippen molar-refractivity contribution in [2.45, 2.75) is 18.4 Å². The van der Waals surface area contributed by atoms with Crippen LogP contribution in [0.5, 0.6) is 0 Å². The van der Waals surface area contributed by atoms with Gasteiger partial charge in [-0.3, -0.25) is 9.69 Å². The smallest absolute Gasteiger partial charge is 0.410 e. The van der Waals surface area contributed by atoms with E-state index in [2.05, 4.69) is 30.8 Å². The number of benzene rings is 2. The summed E-state index contributed by atoms with van der Waals surface area (Å²) in [5.74, 6) is -0.0238. The predicted octanol–water partition coefficient (Wildman–Crippen LogP) is 4.58. The Bertz CT molecular complexity index is 803. The maximum atomic E-state index is 12.4. The molecule has 0 saturated heterocycles. The van der Waals surface area contributed by atoms with Crippen LogP contribution in [0.4, 0.5) is 4.79 Å². The van der Waals surface area contributed by atoms with Crippen LogP contribution in [0.3, 0.4) is 0 Å². The van der Waals surface area contributed by atoms with Crippen LogP contribution in [0.1, 0.15) is 23.5 Å². The number of halogens is 1. The Morgan fingerprint density at radius 1 is 1.15 bits per heavy atom. The third-order valence-corrected chi connectivity index (χ3v) is 5.00. The van der Waals surface area contributed by atoms with Crippen molar-refractivity contribution in [1.82, 2.24) is 4.90 Å². The van der Waals surface area contributed by atoms with Crippen molar-refractivity contribution < 1.29 is 14.3 Å². The van der Waals surface area contributed by atoms with E-state index in [1.807, 2.05) is 24.3 Å². The lowest BCUT2D eigenvalue weighted by atomic mass is 9.98. The van der Waals surface area contributed by atoms with E-state index in [0.29, 0.717) is 0 Å². The molecule has 134 valence electrons. The number of hydrogen-bond donors (Lipinski definition) is 0. The van der Waals surface area contributed by atoms with E-state index in [1.165, 1.54) is 11.9 Å². The van der Waals surface area contributed by atoms with Crippen LogP contribution < -0.4 is 0 Å². The second-order valence-electron chi connectivity index (χ2n) is 6.26. The summed E-state index contributed by atoms with van der Waals surface area (Å²) in [6, 6.07) is 15.5. The molecule has 1 aliphatic carbocycles. The molecule has 4 nitrogen and oxygen atoms in total. The van der Waals surface area contributed by atoms with Gasteiger partial charge in [0.1, 0.15) is 12.6 Å². The lowest BCUT2D eigenvalue weighted by Gasteiger charge is -2.24. The van der Waals surface area contributed by atoms with Gasteiger partial charge in [-0.15, -0.1) is 6.58 Å². The maximum absolute atomic E-state index is 12.4. The fourth-order valence-corrected chi connectivity index (χ4v) is 3.62. The predicted molar refractivity (Wildman–Crippen MR) is 102 cm³/mol. The van der Waals surface area contributed by atoms with Crippen molar-refractivity contribution in [2.24, 2.45) is 0 Å². The molecule has 2 aromatic rings. The molecule has 0 aromatic heterocycles. The van der Waals surface area contributed by atoms with Crippen molar-refractivity contribution in [2.75, 3.05) is 13.7 Å². The molecule has 3 rings (SSSR count). The van der Waals surface area contributed by atoms with Crippen molar-refractivity contribution in [3.8, 4) is 11.1 Å². The minimum absolute atomic E-state index is 0.0238. The average Bonchev–Trinajstić information content (AvgIpc) is 2.97. The molecule has 0 N–H and O–H groups in total. The van der Waals surface area contributed by atoms with Gasteiger partial charge in [0.25, 0.3) is 0 Å². The molecule has 26 heavy (non-hydrogen) atoms. The molecular weight excluding hydrogens is 350 g/mol. The third-order valence-electron chi connectivity index (χ3n) is 4.74. The molecule has 0 unspecified atom stereocenters. The zero-order valence-corrected chi connectivity index (χ0v) is 15.3. The number of carbonyl (C=O) groups is 2. The van der Waals surface area contributed by atoms with Crippen molar-refractivity contribution >= 4 is 22.9 Å². The van der Waals surface area contributed by atoms with Crippen molar-refractivity contribution in [1.29, 1.82) is 0 Å². The van der Waals surface area contributed by atoms with E-state index in [-0.39, 0.29) is 18.9 Å². The van der Waals surface area contributed by atoms with Crippen molar-refractivity contribution in [3.63, 3.8) is 0 Å². The minimum atomic E-state index is -0.773. The standard InChI is InChI=1S/C21H20ClNO3/c1-3-8-19(20(22)24)23(2)21(25)26-13-18-16-11-6-4-9-14(16)15-10-5-7-12-17(15)18/h3-7,9-12,18-19H,1,8,13H2,2H3/t19-/m0/s1. The Morgan fingerprint density at radius 3 is 2.19 bits per heavy atom. The summed E-state index contributed by atoms with van der Waals surface area (Å²) in [7, 11) is 1.51. The highest BCUT2D eigenvalue weighted by Gasteiger charge is 2.31. The number of rotatable bonds is 6. The Kier molecular flexibility index (Phi) is 5.43. The first-order chi connectivity index (χ1) is 12.5. The fraction of sp³-hybridized carbons (Fsp3) is 0.238. The van der Waals surface area contributed by atoms with E-state index in [4.69, 9.17) is 16.3 Å². The van der Waals surface area contributed by atoms with Gasteiger partial charge >= 0.3 is 6.09 Å². The molecule has 1 atom stereocenters. The average molecular weight is 370 g/mol. The number of amides is 1. The molecule has 5 heteroatoms. The first-order valence-electron chi connectivity index (χ1n) is 8.42. The molecular formula is C21H20ClNO3. The fourth-order valence-electron chi connectivity index (χ4n) is 3.38. The Labute approximate surface area is 158 Å². The topological polar surface area (TPSA) is 46.6 Å². The molecule has 0 fully saturated rings. The Balaban J connectivity index is 1.76. The van der Waals surface area contributed by atoms with Crippen LogP contribution in [0.15, 0.2) is 61.2 Å². The number of fused-ring (bicyclic) bond motifs is 3. The van der Waals surface area contributed by atoms with E-state index >= 15 is 0 Å². The SMILES string of the molecule is C=CC[C@@H](C(=O)Cl)N(C)C(=O)OCC1c2ccccc2-c2ccccc21. The lowest BCUT2D eigenvalue weighted by molar-refractivity contribution is -0.115. The van der Waals surface area contributed by atoms with Gasteiger partial charge in [-0.1, -0.05) is 54.6 Å². The number of hydrogen-bond acceptors (Lipinski definition) is 3. The van der Waals surface area contributed by atoms with E-state index in [9.17, 15) is 9.59 Å². The first-order valence-corrected chi connectivity index (χ1v) is 8.80. The summed E-state index contributed by atoms with van der Waals surface area (Å²) in [6.07, 6.45) is 1.26. The second kappa shape index (κ2) is 7.75. The van der Waals surface area contributed by atoms with Crippen molar-refractivity contribution in [3.05, 3.63) is 72.3 Å². The quantitative estimate of drug-likeness (QED) is 0.553. The van der Waals surface area contributed by atoms with Gasteiger partial charge in [-0.05, 0) is 40.3 Å². The number of carbonyl (C=O) groups excluding carboxylic acids is 2. The molecule has 0 aliphatic heterocycles. The van der Waals surface area contributed by atoms with E-state index in [1.54, 1.807) is 6.08 Å². The van der Waals surface area contributed by atoms with Gasteiger partial charge in [0, 0.05) is 13.0 Å². The third kappa shape index (κ3) is 3.37. The van der Waals surface area contributed by atoms with Crippen LogP contribution in [0.25, 0.3) is 11.1 Å². The normalized spacial score (nSPS) is 13.5. The van der Waals surface area contributed by atoms with Crippen LogP contribution >= 0.6 is 11.6 Å². The summed E-state index contributed by atoms with van der Waals surface area (Å²) in [4.78, 5) is 25.2. The largest absolute Gasteiger partial charge is 0.448 e. The van der Waals surface area contributed by atoms with Gasteiger partial charge in [0.15, 0.2) is 0 Å². The minimum Gasteiger partial charge on any atom is -0.448 e. The van der Waals surface area contributed by atoms with Crippen LogP contribution in [-0.2, 0) is 9.53 Å². The van der Waals surface area contributed by atoms with Gasteiger partial charge in [-0.2, -0.15) is 0 Å². The Morgan fingerprint density at radius 2 is 1.69 bits per heavy atom. The second-order valence-corrected chi connectivity index (χ2v) is 6.63. The van der Waals surface area contributed by atoms with Gasteiger partial charge in [0.05, 0.1) is 0 Å². The summed E-state index contributed by atoms with van der Waals surface area (Å²) in [6.45, 7) is 3.80. The molecule has 1 aliphatic rings. The molecule has 0 saturated carbocycles. The maximum Gasteiger partial charge on any atom is 0.410 e. The zero-order chi connectivity index (χ0) is 18.7. The highest BCUT2D eigenvalue weighted by Crippen LogP contribution is 2.44. The molecule has 0 radical (unpaired) electrons. The van der Waals surface area contributed by atoms with Gasteiger partial charge < -0.3 is 4.74 Å². The highest BCUT2D eigenvalue weighted by atomic mass is 35.5. The van der Waals surface area contributed by atoms with Crippen LogP contribution in [0, 0.1) is 0 Å². The lowest BCUT2D eigenvalue weighted by Crippen LogP contribution is -2.41. The summed E-state index contributed by atoms with van der Waals surface area (Å²) < 4.78 is 5.52. The Hall–Kier alpha value is -2.59. The van der Waals surface area contributed by atoms with Crippen LogP contribution in [0.2, 0.25) is 0 Å². The van der Waals surface area contributed by atoms with Crippen LogP contribution in [-0.4, -0.2) is 35.9 Å². The molecule has 0 bridgehead atoms. The van der Waals surface area contributed by atoms with Gasteiger partial charge in [0.2, 0.25) is 5.24 Å². The van der Waals surface area contributed by atoms with E-state index in [0.717, 1.165) is 22.3 Å². The molecule has 1 amide bonds. The summed E-state index contributed by atoms with van der Waals surface area (Å²) in [5, 5.41) is -0.610. The zero-order valence-electron chi connectivity index (χ0n) is 14.5.